The van der Waals surface area contributed by atoms with Gasteiger partial charge in [0.05, 0.1) is 25.7 Å². The Morgan fingerprint density at radius 3 is 1.46 bits per heavy atom. The van der Waals surface area contributed by atoms with Crippen LogP contribution in [0.15, 0.2) is 84.9 Å². The first-order valence-corrected chi connectivity index (χ1v) is 17.2. The first kappa shape index (κ1) is 44.8. The molecule has 4 rings (SSSR count). The first-order valence-electron chi connectivity index (χ1n) is 17.2. The smallest absolute Gasteiger partial charge is 0.336 e. The fraction of sp³-hybridized carbons (Fsp3) is 0.364. The molecule has 0 aliphatic heterocycles. The molecule has 8 heteroatoms. The number of benzene rings is 4. The highest BCUT2D eigenvalue weighted by molar-refractivity contribution is 5.99. The number of nitrogens with one attached hydrogen (secondary N) is 1. The van der Waals surface area contributed by atoms with Crippen molar-refractivity contribution in [2.75, 3.05) is 14.2 Å². The third kappa shape index (κ3) is 13.8. The molecule has 8 nitrogen and oxygen atoms in total. The summed E-state index contributed by atoms with van der Waals surface area (Å²) in [4.78, 5) is 46.9. The van der Waals surface area contributed by atoms with Crippen LogP contribution in [0.2, 0.25) is 0 Å². The molecular formula is C44H57NO7. The Balaban J connectivity index is 0.000000424. The van der Waals surface area contributed by atoms with E-state index in [0.29, 0.717) is 17.5 Å². The summed E-state index contributed by atoms with van der Waals surface area (Å²) in [6.07, 6.45) is 2.66. The quantitative estimate of drug-likeness (QED) is 0.150. The Bertz CT molecular complexity index is 1740. The molecule has 0 fully saturated rings. The van der Waals surface area contributed by atoms with Gasteiger partial charge in [-0.25, -0.2) is 9.59 Å². The molecule has 2 N–H and O–H groups in total. The Labute approximate surface area is 310 Å². The second-order valence-corrected chi connectivity index (χ2v) is 12.6. The summed E-state index contributed by atoms with van der Waals surface area (Å²) in [5, 5.41) is 11.7. The molecule has 0 aromatic heterocycles. The SMILES string of the molecule is C.CCc1cccc(C)c1C(=O)NC(Cc1ccc(C)cc1)C(=O)OC.CCc1cccc(C)c1C(=O)O.COC(=O)C(C)Cc1ccc(C)cc1. The van der Waals surface area contributed by atoms with Crippen molar-refractivity contribution in [3.63, 3.8) is 0 Å². The number of ether oxygens (including phenoxy) is 2. The Morgan fingerprint density at radius 1 is 0.635 bits per heavy atom. The molecule has 1 amide bonds. The van der Waals surface area contributed by atoms with Gasteiger partial charge < -0.3 is 19.9 Å². The molecule has 0 radical (unpaired) electrons. The van der Waals surface area contributed by atoms with Crippen LogP contribution in [0.4, 0.5) is 0 Å². The van der Waals surface area contributed by atoms with Crippen molar-refractivity contribution >= 4 is 23.8 Å². The third-order valence-corrected chi connectivity index (χ3v) is 8.54. The molecule has 0 bridgehead atoms. The maximum absolute atomic E-state index is 12.8. The summed E-state index contributed by atoms with van der Waals surface area (Å²) in [5.74, 6) is -1.73. The summed E-state index contributed by atoms with van der Waals surface area (Å²) >= 11 is 0. The lowest BCUT2D eigenvalue weighted by Crippen LogP contribution is -2.43. The molecule has 0 aliphatic rings. The molecule has 2 unspecified atom stereocenters. The van der Waals surface area contributed by atoms with Crippen molar-refractivity contribution in [2.24, 2.45) is 5.92 Å². The topological polar surface area (TPSA) is 119 Å². The summed E-state index contributed by atoms with van der Waals surface area (Å²) in [6.45, 7) is 13.6. The minimum Gasteiger partial charge on any atom is -0.478 e. The number of carbonyl (C=O) groups excluding carboxylic acids is 3. The third-order valence-electron chi connectivity index (χ3n) is 8.54. The molecule has 0 aliphatic carbocycles. The average molecular weight is 712 g/mol. The normalized spacial score (nSPS) is 11.2. The number of amides is 1. The van der Waals surface area contributed by atoms with Gasteiger partial charge in [0.1, 0.15) is 6.04 Å². The van der Waals surface area contributed by atoms with E-state index in [1.54, 1.807) is 0 Å². The van der Waals surface area contributed by atoms with Crippen LogP contribution in [-0.2, 0) is 44.7 Å². The Hall–Kier alpha value is -5.24. The monoisotopic (exact) mass is 711 g/mol. The van der Waals surface area contributed by atoms with Crippen molar-refractivity contribution in [1.29, 1.82) is 0 Å². The van der Waals surface area contributed by atoms with Crippen LogP contribution in [-0.4, -0.2) is 49.2 Å². The number of hydrogen-bond donors (Lipinski definition) is 2. The molecule has 2 atom stereocenters. The summed E-state index contributed by atoms with van der Waals surface area (Å²) in [7, 11) is 2.76. The van der Waals surface area contributed by atoms with Crippen LogP contribution in [0.25, 0.3) is 0 Å². The van der Waals surface area contributed by atoms with Crippen LogP contribution in [0.5, 0.6) is 0 Å². The number of methoxy groups -OCH3 is 2. The van der Waals surface area contributed by atoms with E-state index in [2.05, 4.69) is 34.3 Å². The lowest BCUT2D eigenvalue weighted by atomic mass is 9.98. The van der Waals surface area contributed by atoms with Crippen molar-refractivity contribution < 1.29 is 33.8 Å². The van der Waals surface area contributed by atoms with Crippen LogP contribution < -0.4 is 5.32 Å². The number of rotatable bonds is 11. The molecule has 280 valence electrons. The lowest BCUT2D eigenvalue weighted by molar-refractivity contribution is -0.145. The van der Waals surface area contributed by atoms with E-state index in [4.69, 9.17) is 9.84 Å². The van der Waals surface area contributed by atoms with Gasteiger partial charge in [-0.3, -0.25) is 9.59 Å². The van der Waals surface area contributed by atoms with Crippen molar-refractivity contribution in [3.8, 4) is 0 Å². The molecular weight excluding hydrogens is 654 g/mol. The first-order chi connectivity index (χ1) is 24.3. The van der Waals surface area contributed by atoms with Gasteiger partial charge in [0.2, 0.25) is 0 Å². The van der Waals surface area contributed by atoms with Gasteiger partial charge in [-0.1, -0.05) is 124 Å². The van der Waals surface area contributed by atoms with Gasteiger partial charge in [0.25, 0.3) is 5.91 Å². The maximum atomic E-state index is 12.8. The zero-order valence-corrected chi connectivity index (χ0v) is 31.5. The zero-order chi connectivity index (χ0) is 38.1. The van der Waals surface area contributed by atoms with Crippen molar-refractivity contribution in [3.05, 3.63) is 141 Å². The predicted molar refractivity (Wildman–Crippen MR) is 209 cm³/mol. The van der Waals surface area contributed by atoms with Gasteiger partial charge in [-0.15, -0.1) is 0 Å². The molecule has 0 saturated heterocycles. The summed E-state index contributed by atoms with van der Waals surface area (Å²) in [6, 6.07) is 26.7. The molecule has 0 spiro atoms. The van der Waals surface area contributed by atoms with Crippen LogP contribution >= 0.6 is 0 Å². The lowest BCUT2D eigenvalue weighted by Gasteiger charge is -2.19. The maximum Gasteiger partial charge on any atom is 0.336 e. The molecule has 0 saturated carbocycles. The highest BCUT2D eigenvalue weighted by Crippen LogP contribution is 2.17. The highest BCUT2D eigenvalue weighted by atomic mass is 16.5. The van der Waals surface area contributed by atoms with Crippen molar-refractivity contribution in [2.45, 2.75) is 87.6 Å². The minimum atomic E-state index is -0.829. The number of hydrogen-bond acceptors (Lipinski definition) is 6. The molecule has 0 heterocycles. The van der Waals surface area contributed by atoms with E-state index in [-0.39, 0.29) is 25.2 Å². The van der Waals surface area contributed by atoms with E-state index in [1.165, 1.54) is 25.3 Å². The number of carboxylic acid groups (broad SMARTS) is 1. The van der Waals surface area contributed by atoms with E-state index in [9.17, 15) is 19.2 Å². The van der Waals surface area contributed by atoms with Gasteiger partial charge >= 0.3 is 17.9 Å². The van der Waals surface area contributed by atoms with Crippen LogP contribution in [0, 0.1) is 33.6 Å². The summed E-state index contributed by atoms with van der Waals surface area (Å²) in [5.41, 5.74) is 9.24. The van der Waals surface area contributed by atoms with E-state index >= 15 is 0 Å². The fourth-order valence-corrected chi connectivity index (χ4v) is 5.57. The number of carboxylic acids is 1. The predicted octanol–water partition coefficient (Wildman–Crippen LogP) is 8.62. The van der Waals surface area contributed by atoms with Gasteiger partial charge in [-0.2, -0.15) is 0 Å². The van der Waals surface area contributed by atoms with Gasteiger partial charge in [0, 0.05) is 12.0 Å². The van der Waals surface area contributed by atoms with E-state index in [1.807, 2.05) is 109 Å². The van der Waals surface area contributed by atoms with Crippen molar-refractivity contribution in [1.82, 2.24) is 5.32 Å². The minimum absolute atomic E-state index is 0. The molecule has 52 heavy (non-hydrogen) atoms. The van der Waals surface area contributed by atoms with E-state index in [0.717, 1.165) is 52.6 Å². The van der Waals surface area contributed by atoms with E-state index < -0.39 is 18.0 Å². The van der Waals surface area contributed by atoms with Gasteiger partial charge in [0.15, 0.2) is 0 Å². The number of carbonyl (C=O) groups is 4. The largest absolute Gasteiger partial charge is 0.478 e. The number of aryl methyl sites for hydroxylation is 6. The number of esters is 2. The number of aromatic carboxylic acids is 1. The van der Waals surface area contributed by atoms with Gasteiger partial charge in [-0.05, 0) is 80.3 Å². The zero-order valence-electron chi connectivity index (χ0n) is 31.5. The second kappa shape index (κ2) is 22.6. The highest BCUT2D eigenvalue weighted by Gasteiger charge is 2.24. The Kier molecular flexibility index (Phi) is 19.4. The average Bonchev–Trinajstić information content (AvgIpc) is 3.12. The van der Waals surface area contributed by atoms with Crippen LogP contribution in [0.3, 0.4) is 0 Å². The van der Waals surface area contributed by atoms with Crippen LogP contribution in [0.1, 0.15) is 93.4 Å². The Morgan fingerprint density at radius 2 is 1.06 bits per heavy atom. The summed E-state index contributed by atoms with van der Waals surface area (Å²) < 4.78 is 9.55. The fourth-order valence-electron chi connectivity index (χ4n) is 5.57. The molecule has 4 aromatic carbocycles. The second-order valence-electron chi connectivity index (χ2n) is 12.6. The standard InChI is InChI=1S/C21H25NO3.C12H16O2.C10H12O2.CH4/c1-5-17-8-6-7-15(3)19(17)20(23)22-18(21(24)25-4)13-16-11-9-14(2)10-12-16;1-9-4-6-11(7-5-9)8-10(2)12(13)14-3;1-3-8-6-4-5-7(2)9(8)10(11)12;/h6-12,18H,5,13H2,1-4H3,(H,22,23);4-7,10H,8H2,1-3H3;4-6H,3H2,1-2H3,(H,11,12);1H4. The molecule has 4 aromatic rings.